The van der Waals surface area contributed by atoms with Crippen LogP contribution in [-0.2, 0) is 6.54 Å². The monoisotopic (exact) mass is 360 g/mol. The molecule has 3 aromatic rings. The van der Waals surface area contributed by atoms with E-state index in [1.165, 1.54) is 11.1 Å². The fourth-order valence-corrected chi connectivity index (χ4v) is 3.63. The second-order valence-corrected chi connectivity index (χ2v) is 6.82. The summed E-state index contributed by atoms with van der Waals surface area (Å²) in [6, 6.07) is 18.5. The molecule has 0 aliphatic carbocycles. The molecule has 0 unspecified atom stereocenters. The quantitative estimate of drug-likeness (QED) is 0.768. The van der Waals surface area contributed by atoms with Crippen LogP contribution in [0.3, 0.4) is 0 Å². The molecule has 138 valence electrons. The minimum absolute atomic E-state index is 0.000403. The predicted molar refractivity (Wildman–Crippen MR) is 108 cm³/mol. The van der Waals surface area contributed by atoms with Crippen LogP contribution in [0, 0.1) is 6.92 Å². The fraction of sp³-hybridized carbons (Fsp3) is 0.273. The highest BCUT2D eigenvalue weighted by atomic mass is 16.2. The van der Waals surface area contributed by atoms with Gasteiger partial charge in [-0.05, 0) is 36.6 Å². The van der Waals surface area contributed by atoms with Gasteiger partial charge < -0.3 is 14.8 Å². The third kappa shape index (κ3) is 3.72. The Balaban J connectivity index is 1.32. The Morgan fingerprint density at radius 1 is 1.11 bits per heavy atom. The van der Waals surface area contributed by atoms with Crippen LogP contribution in [0.4, 0.5) is 4.79 Å². The summed E-state index contributed by atoms with van der Waals surface area (Å²) in [4.78, 5) is 18.9. The van der Waals surface area contributed by atoms with Gasteiger partial charge in [-0.25, -0.2) is 9.78 Å². The number of fused-ring (bicyclic) bond motifs is 1. The van der Waals surface area contributed by atoms with Crippen molar-refractivity contribution in [2.75, 3.05) is 19.6 Å². The molecule has 0 saturated heterocycles. The van der Waals surface area contributed by atoms with Crippen molar-refractivity contribution in [1.29, 1.82) is 0 Å². The number of nitrogens with zero attached hydrogens (tertiary/aromatic N) is 3. The Morgan fingerprint density at radius 3 is 2.67 bits per heavy atom. The average Bonchev–Trinajstić information content (AvgIpc) is 3.04. The van der Waals surface area contributed by atoms with Gasteiger partial charge >= 0.3 is 6.03 Å². The normalized spacial score (nSPS) is 14.3. The van der Waals surface area contributed by atoms with Gasteiger partial charge in [0.05, 0.1) is 11.0 Å². The third-order valence-electron chi connectivity index (χ3n) is 5.10. The molecule has 0 fully saturated rings. The number of hydrogen-bond acceptors (Lipinski definition) is 2. The second kappa shape index (κ2) is 7.66. The Kier molecular flexibility index (Phi) is 4.92. The van der Waals surface area contributed by atoms with Crippen LogP contribution in [0.25, 0.3) is 16.6 Å². The van der Waals surface area contributed by atoms with E-state index >= 15 is 0 Å². The van der Waals surface area contributed by atoms with E-state index in [-0.39, 0.29) is 6.03 Å². The number of hydrogen-bond donors (Lipinski definition) is 1. The zero-order chi connectivity index (χ0) is 18.6. The lowest BCUT2D eigenvalue weighted by Crippen LogP contribution is -2.43. The van der Waals surface area contributed by atoms with Gasteiger partial charge in [-0.15, -0.1) is 0 Å². The number of nitrogens with one attached hydrogen (secondary N) is 1. The maximum absolute atomic E-state index is 12.5. The summed E-state index contributed by atoms with van der Waals surface area (Å²) in [5.74, 6) is 0.971. The van der Waals surface area contributed by atoms with Crippen LogP contribution in [-0.4, -0.2) is 40.1 Å². The molecular weight excluding hydrogens is 336 g/mol. The van der Waals surface area contributed by atoms with E-state index in [4.69, 9.17) is 0 Å². The number of carbonyl (C=O) groups excluding carboxylic acids is 1. The first kappa shape index (κ1) is 17.3. The van der Waals surface area contributed by atoms with E-state index in [1.54, 1.807) is 0 Å². The summed E-state index contributed by atoms with van der Waals surface area (Å²) >= 11 is 0. The van der Waals surface area contributed by atoms with Gasteiger partial charge in [0.15, 0.2) is 0 Å². The minimum atomic E-state index is 0.000403. The van der Waals surface area contributed by atoms with E-state index in [0.29, 0.717) is 13.1 Å². The lowest BCUT2D eigenvalue weighted by Gasteiger charge is -2.27. The van der Waals surface area contributed by atoms with Gasteiger partial charge in [-0.1, -0.05) is 48.5 Å². The van der Waals surface area contributed by atoms with Crippen molar-refractivity contribution < 1.29 is 4.79 Å². The van der Waals surface area contributed by atoms with Crippen molar-refractivity contribution >= 4 is 22.6 Å². The Morgan fingerprint density at radius 2 is 1.89 bits per heavy atom. The minimum Gasteiger partial charge on any atom is -0.336 e. The SMILES string of the molecule is Cc1nc2ccccc2n1CCNC(=O)N1CC=C(c2ccccc2)CC1. The number of aryl methyl sites for hydroxylation is 1. The molecule has 27 heavy (non-hydrogen) atoms. The first-order valence-electron chi connectivity index (χ1n) is 9.41. The Hall–Kier alpha value is -3.08. The molecule has 0 atom stereocenters. The van der Waals surface area contributed by atoms with Gasteiger partial charge in [-0.2, -0.15) is 0 Å². The number of aromatic nitrogens is 2. The molecule has 0 bridgehead atoms. The molecule has 2 heterocycles. The maximum Gasteiger partial charge on any atom is 0.317 e. The molecule has 1 N–H and O–H groups in total. The third-order valence-corrected chi connectivity index (χ3v) is 5.10. The molecule has 2 amide bonds. The van der Waals surface area contributed by atoms with Crippen molar-refractivity contribution in [1.82, 2.24) is 19.8 Å². The topological polar surface area (TPSA) is 50.2 Å². The van der Waals surface area contributed by atoms with Gasteiger partial charge in [0.25, 0.3) is 0 Å². The summed E-state index contributed by atoms with van der Waals surface area (Å²) in [5, 5.41) is 3.05. The summed E-state index contributed by atoms with van der Waals surface area (Å²) in [6.45, 7) is 4.72. The predicted octanol–water partition coefficient (Wildman–Crippen LogP) is 3.84. The van der Waals surface area contributed by atoms with Crippen LogP contribution in [0.1, 0.15) is 17.8 Å². The number of amides is 2. The Labute approximate surface area is 159 Å². The van der Waals surface area contributed by atoms with Gasteiger partial charge in [0, 0.05) is 26.2 Å². The lowest BCUT2D eigenvalue weighted by molar-refractivity contribution is 0.202. The molecular formula is C22H24N4O. The first-order valence-corrected chi connectivity index (χ1v) is 9.41. The van der Waals surface area contributed by atoms with E-state index in [1.807, 2.05) is 36.1 Å². The molecule has 2 aromatic carbocycles. The molecule has 1 aromatic heterocycles. The summed E-state index contributed by atoms with van der Waals surface area (Å²) in [5.41, 5.74) is 4.67. The van der Waals surface area contributed by atoms with E-state index in [0.717, 1.165) is 36.4 Å². The zero-order valence-corrected chi connectivity index (χ0v) is 15.6. The number of urea groups is 1. The van der Waals surface area contributed by atoms with Crippen molar-refractivity contribution in [3.63, 3.8) is 0 Å². The van der Waals surface area contributed by atoms with Crippen molar-refractivity contribution in [2.24, 2.45) is 0 Å². The second-order valence-electron chi connectivity index (χ2n) is 6.82. The number of para-hydroxylation sites is 2. The highest BCUT2D eigenvalue weighted by Gasteiger charge is 2.17. The molecule has 1 aliphatic rings. The maximum atomic E-state index is 12.5. The highest BCUT2D eigenvalue weighted by molar-refractivity contribution is 5.77. The highest BCUT2D eigenvalue weighted by Crippen LogP contribution is 2.22. The Bertz CT molecular complexity index is 974. The largest absolute Gasteiger partial charge is 0.336 e. The van der Waals surface area contributed by atoms with Crippen molar-refractivity contribution in [3.8, 4) is 0 Å². The van der Waals surface area contributed by atoms with Crippen molar-refractivity contribution in [3.05, 3.63) is 72.1 Å². The molecule has 5 nitrogen and oxygen atoms in total. The number of rotatable bonds is 4. The molecule has 4 rings (SSSR count). The van der Waals surface area contributed by atoms with Gasteiger partial charge in [0.2, 0.25) is 0 Å². The lowest BCUT2D eigenvalue weighted by atomic mass is 10.00. The summed E-state index contributed by atoms with van der Waals surface area (Å²) in [7, 11) is 0. The smallest absolute Gasteiger partial charge is 0.317 e. The van der Waals surface area contributed by atoms with Gasteiger partial charge in [-0.3, -0.25) is 0 Å². The number of imidazole rings is 1. The standard InChI is InChI=1S/C22H24N4O/c1-17-24-20-9-5-6-10-21(20)26(17)16-13-23-22(27)25-14-11-19(12-15-25)18-7-3-2-4-8-18/h2-11H,12-16H2,1H3,(H,23,27). The molecule has 0 saturated carbocycles. The van der Waals surface area contributed by atoms with Crippen LogP contribution in [0.15, 0.2) is 60.7 Å². The summed E-state index contributed by atoms with van der Waals surface area (Å²) < 4.78 is 2.15. The summed E-state index contributed by atoms with van der Waals surface area (Å²) in [6.07, 6.45) is 3.05. The first-order chi connectivity index (χ1) is 13.2. The van der Waals surface area contributed by atoms with Crippen LogP contribution >= 0.6 is 0 Å². The van der Waals surface area contributed by atoms with Crippen LogP contribution < -0.4 is 5.32 Å². The van der Waals surface area contributed by atoms with Gasteiger partial charge in [0.1, 0.15) is 5.82 Å². The number of carbonyl (C=O) groups is 1. The molecule has 0 radical (unpaired) electrons. The molecule has 1 aliphatic heterocycles. The van der Waals surface area contributed by atoms with Crippen LogP contribution in [0.5, 0.6) is 0 Å². The zero-order valence-electron chi connectivity index (χ0n) is 15.6. The van der Waals surface area contributed by atoms with E-state index in [2.05, 4.69) is 51.3 Å². The molecule has 5 heteroatoms. The molecule has 0 spiro atoms. The van der Waals surface area contributed by atoms with E-state index < -0.39 is 0 Å². The van der Waals surface area contributed by atoms with E-state index in [9.17, 15) is 4.79 Å². The number of benzene rings is 2. The fourth-order valence-electron chi connectivity index (χ4n) is 3.63. The van der Waals surface area contributed by atoms with Crippen molar-refractivity contribution in [2.45, 2.75) is 19.9 Å². The average molecular weight is 360 g/mol. The van der Waals surface area contributed by atoms with Crippen LogP contribution in [0.2, 0.25) is 0 Å².